The Bertz CT molecular complexity index is 545. The predicted molar refractivity (Wildman–Crippen MR) is 62.6 cm³/mol. The van der Waals surface area contributed by atoms with Gasteiger partial charge in [-0.15, -0.1) is 0 Å². The van der Waals surface area contributed by atoms with E-state index in [1.54, 1.807) is 31.6 Å². The lowest BCUT2D eigenvalue weighted by atomic mass is 10.1. The standard InChI is InChI=1S/C12H13F5N2O2/c1-12(2,3)21-11(20)19-18-10(17)5-4-6(13)8(15)9(16)7(5)14/h4,10,18H,1-3H3,(H,19,20). The van der Waals surface area contributed by atoms with Crippen LogP contribution < -0.4 is 10.9 Å². The molecule has 1 amide bonds. The molecule has 2 N–H and O–H groups in total. The lowest BCUT2D eigenvalue weighted by Crippen LogP contribution is -2.42. The van der Waals surface area contributed by atoms with Gasteiger partial charge in [0, 0.05) is 5.56 Å². The van der Waals surface area contributed by atoms with Crippen molar-refractivity contribution in [3.05, 3.63) is 34.9 Å². The third-order valence-electron chi connectivity index (χ3n) is 2.10. The second kappa shape index (κ2) is 6.25. The Kier molecular flexibility index (Phi) is 5.10. The smallest absolute Gasteiger partial charge is 0.422 e. The van der Waals surface area contributed by atoms with Gasteiger partial charge in [-0.05, 0) is 26.8 Å². The van der Waals surface area contributed by atoms with Crippen molar-refractivity contribution in [3.63, 3.8) is 0 Å². The summed E-state index contributed by atoms with van der Waals surface area (Å²) < 4.78 is 70.2. The van der Waals surface area contributed by atoms with Crippen LogP contribution in [-0.4, -0.2) is 11.7 Å². The third kappa shape index (κ3) is 4.55. The number of carbonyl (C=O) groups excluding carboxylic acids is 1. The highest BCUT2D eigenvalue weighted by atomic mass is 19.2. The average molecular weight is 312 g/mol. The molecule has 0 saturated carbocycles. The number of rotatable bonds is 3. The number of alkyl halides is 1. The lowest BCUT2D eigenvalue weighted by molar-refractivity contribution is 0.0458. The van der Waals surface area contributed by atoms with E-state index in [9.17, 15) is 26.7 Å². The molecule has 0 spiro atoms. The minimum Gasteiger partial charge on any atom is -0.443 e. The summed E-state index contributed by atoms with van der Waals surface area (Å²) in [5.74, 6) is -7.86. The zero-order valence-electron chi connectivity index (χ0n) is 11.4. The first-order valence-corrected chi connectivity index (χ1v) is 5.74. The van der Waals surface area contributed by atoms with Crippen LogP contribution in [0.25, 0.3) is 0 Å². The minimum atomic E-state index is -2.51. The van der Waals surface area contributed by atoms with Gasteiger partial charge >= 0.3 is 6.09 Å². The number of ether oxygens (including phenoxy) is 1. The van der Waals surface area contributed by atoms with E-state index in [-0.39, 0.29) is 6.07 Å². The van der Waals surface area contributed by atoms with Crippen molar-refractivity contribution in [1.82, 2.24) is 10.9 Å². The molecule has 0 radical (unpaired) electrons. The number of benzene rings is 1. The predicted octanol–water partition coefficient (Wildman–Crippen LogP) is 3.24. The molecule has 0 aliphatic carbocycles. The molecule has 0 fully saturated rings. The van der Waals surface area contributed by atoms with E-state index in [0.29, 0.717) is 0 Å². The van der Waals surface area contributed by atoms with E-state index in [1.807, 2.05) is 0 Å². The molecular weight excluding hydrogens is 299 g/mol. The minimum absolute atomic E-state index is 0.141. The summed E-state index contributed by atoms with van der Waals surface area (Å²) >= 11 is 0. The summed E-state index contributed by atoms with van der Waals surface area (Å²) in [5, 5.41) is 0. The van der Waals surface area contributed by atoms with Crippen molar-refractivity contribution in [2.75, 3.05) is 0 Å². The van der Waals surface area contributed by atoms with Crippen molar-refractivity contribution in [2.24, 2.45) is 0 Å². The van der Waals surface area contributed by atoms with E-state index in [1.165, 1.54) is 0 Å². The third-order valence-corrected chi connectivity index (χ3v) is 2.10. The van der Waals surface area contributed by atoms with Gasteiger partial charge in [0.25, 0.3) is 0 Å². The van der Waals surface area contributed by atoms with Gasteiger partial charge < -0.3 is 4.74 Å². The maximum atomic E-state index is 13.6. The second-order valence-corrected chi connectivity index (χ2v) is 5.02. The topological polar surface area (TPSA) is 50.4 Å². The number of amides is 1. The van der Waals surface area contributed by atoms with Gasteiger partial charge in [0.2, 0.25) is 0 Å². The molecular formula is C12H13F5N2O2. The molecule has 0 heterocycles. The maximum absolute atomic E-state index is 13.6. The highest BCUT2D eigenvalue weighted by molar-refractivity contribution is 5.67. The Morgan fingerprint density at radius 1 is 1.14 bits per heavy atom. The van der Waals surface area contributed by atoms with Crippen LogP contribution in [0.1, 0.15) is 32.6 Å². The van der Waals surface area contributed by atoms with Gasteiger partial charge in [0.15, 0.2) is 29.6 Å². The highest BCUT2D eigenvalue weighted by Crippen LogP contribution is 2.24. The number of hydrogen-bond acceptors (Lipinski definition) is 3. The van der Waals surface area contributed by atoms with E-state index in [2.05, 4.69) is 0 Å². The van der Waals surface area contributed by atoms with Crippen LogP contribution in [0, 0.1) is 23.3 Å². The average Bonchev–Trinajstić information content (AvgIpc) is 2.35. The Hall–Kier alpha value is -1.90. The zero-order valence-corrected chi connectivity index (χ0v) is 11.4. The van der Waals surface area contributed by atoms with Crippen LogP contribution in [0.3, 0.4) is 0 Å². The Morgan fingerprint density at radius 3 is 2.24 bits per heavy atom. The monoisotopic (exact) mass is 312 g/mol. The first kappa shape index (κ1) is 17.2. The van der Waals surface area contributed by atoms with Crippen molar-refractivity contribution >= 4 is 6.09 Å². The van der Waals surface area contributed by atoms with Crippen LogP contribution in [0.15, 0.2) is 6.07 Å². The molecule has 1 aromatic carbocycles. The summed E-state index contributed by atoms with van der Waals surface area (Å²) in [6, 6.07) is 0.141. The van der Waals surface area contributed by atoms with Crippen LogP contribution in [0.2, 0.25) is 0 Å². The van der Waals surface area contributed by atoms with Crippen LogP contribution in [0.5, 0.6) is 0 Å². The van der Waals surface area contributed by atoms with E-state index in [4.69, 9.17) is 4.74 Å². The number of hydrogen-bond donors (Lipinski definition) is 2. The van der Waals surface area contributed by atoms with Crippen LogP contribution in [-0.2, 0) is 4.74 Å². The number of nitrogens with one attached hydrogen (secondary N) is 2. The Labute approximate surface area is 117 Å². The molecule has 4 nitrogen and oxygen atoms in total. The summed E-state index contributed by atoms with van der Waals surface area (Å²) in [6.07, 6.45) is -3.60. The fourth-order valence-corrected chi connectivity index (χ4v) is 1.28. The van der Waals surface area contributed by atoms with Gasteiger partial charge in [-0.3, -0.25) is 5.43 Å². The quantitative estimate of drug-likeness (QED) is 0.296. The fraction of sp³-hybridized carbons (Fsp3) is 0.417. The summed E-state index contributed by atoms with van der Waals surface area (Å²) in [7, 11) is 0. The van der Waals surface area contributed by atoms with Gasteiger partial charge in [0.1, 0.15) is 5.60 Å². The molecule has 0 aliphatic heterocycles. The molecule has 0 aromatic heterocycles. The normalized spacial score (nSPS) is 13.0. The molecule has 118 valence electrons. The van der Waals surface area contributed by atoms with E-state index >= 15 is 0 Å². The zero-order chi connectivity index (χ0) is 16.4. The maximum Gasteiger partial charge on any atom is 0.422 e. The number of carbonyl (C=O) groups is 1. The van der Waals surface area contributed by atoms with Crippen molar-refractivity contribution < 1.29 is 31.5 Å². The SMILES string of the molecule is CC(C)(C)OC(=O)NNC(F)c1cc(F)c(F)c(F)c1F. The first-order chi connectivity index (χ1) is 9.53. The number of halogens is 5. The van der Waals surface area contributed by atoms with Crippen LogP contribution >= 0.6 is 0 Å². The molecule has 1 atom stereocenters. The van der Waals surface area contributed by atoms with E-state index < -0.39 is 46.8 Å². The molecule has 1 unspecified atom stereocenters. The second-order valence-electron chi connectivity index (χ2n) is 5.02. The lowest BCUT2D eigenvalue weighted by Gasteiger charge is -2.20. The molecule has 0 saturated heterocycles. The van der Waals surface area contributed by atoms with Gasteiger partial charge in [0.05, 0.1) is 0 Å². The van der Waals surface area contributed by atoms with Gasteiger partial charge in [-0.2, -0.15) is 5.43 Å². The van der Waals surface area contributed by atoms with Crippen LogP contribution in [0.4, 0.5) is 26.7 Å². The number of hydrazine groups is 1. The van der Waals surface area contributed by atoms with Crippen molar-refractivity contribution in [3.8, 4) is 0 Å². The molecule has 0 bridgehead atoms. The molecule has 21 heavy (non-hydrogen) atoms. The Morgan fingerprint density at radius 2 is 1.71 bits per heavy atom. The van der Waals surface area contributed by atoms with Crippen molar-refractivity contribution in [1.29, 1.82) is 0 Å². The summed E-state index contributed by atoms with van der Waals surface area (Å²) in [5.41, 5.74) is 1.37. The molecule has 9 heteroatoms. The first-order valence-electron chi connectivity index (χ1n) is 5.74. The van der Waals surface area contributed by atoms with Gasteiger partial charge in [-0.25, -0.2) is 26.7 Å². The van der Waals surface area contributed by atoms with Gasteiger partial charge in [-0.1, -0.05) is 0 Å². The molecule has 1 rings (SSSR count). The highest BCUT2D eigenvalue weighted by Gasteiger charge is 2.25. The fourth-order valence-electron chi connectivity index (χ4n) is 1.28. The Balaban J connectivity index is 2.77. The van der Waals surface area contributed by atoms with Crippen molar-refractivity contribution in [2.45, 2.75) is 32.7 Å². The molecule has 1 aromatic rings. The summed E-state index contributed by atoms with van der Waals surface area (Å²) in [4.78, 5) is 11.2. The molecule has 0 aliphatic rings. The summed E-state index contributed by atoms with van der Waals surface area (Å²) in [6.45, 7) is 4.64. The van der Waals surface area contributed by atoms with E-state index in [0.717, 1.165) is 0 Å². The largest absolute Gasteiger partial charge is 0.443 e.